The molecule has 30 heavy (non-hydrogen) atoms. The van der Waals surface area contributed by atoms with E-state index in [1.54, 1.807) is 28.8 Å². The van der Waals surface area contributed by atoms with Gasteiger partial charge >= 0.3 is 0 Å². The number of halogens is 1. The SMILES string of the molecule is O=C(Nc1ccc(Sc2nc3ccccc3n3nnnc23)cc1)c1ccccc1F. The van der Waals surface area contributed by atoms with Crippen LogP contribution in [0.5, 0.6) is 0 Å². The summed E-state index contributed by atoms with van der Waals surface area (Å²) in [5.74, 6) is -1.06. The summed E-state index contributed by atoms with van der Waals surface area (Å²) in [4.78, 5) is 17.8. The second-order valence-electron chi connectivity index (χ2n) is 6.38. The van der Waals surface area contributed by atoms with Gasteiger partial charge in [-0.15, -0.1) is 5.10 Å². The van der Waals surface area contributed by atoms with Gasteiger partial charge in [0.1, 0.15) is 10.8 Å². The maximum absolute atomic E-state index is 13.8. The molecule has 0 saturated carbocycles. The van der Waals surface area contributed by atoms with Crippen molar-refractivity contribution in [2.45, 2.75) is 9.92 Å². The Balaban J connectivity index is 1.39. The van der Waals surface area contributed by atoms with Gasteiger partial charge in [0.05, 0.1) is 16.6 Å². The second-order valence-corrected chi connectivity index (χ2v) is 7.44. The van der Waals surface area contributed by atoms with Gasteiger partial charge in [-0.25, -0.2) is 9.37 Å². The van der Waals surface area contributed by atoms with E-state index in [4.69, 9.17) is 0 Å². The number of carbonyl (C=O) groups is 1. The zero-order valence-corrected chi connectivity index (χ0v) is 16.2. The maximum atomic E-state index is 13.8. The molecular formula is C21H13FN6OS. The quantitative estimate of drug-likeness (QED) is 0.472. The Kier molecular flexibility index (Phi) is 4.56. The summed E-state index contributed by atoms with van der Waals surface area (Å²) in [5, 5.41) is 15.3. The summed E-state index contributed by atoms with van der Waals surface area (Å²) in [7, 11) is 0. The Morgan fingerprint density at radius 2 is 1.73 bits per heavy atom. The molecule has 0 aliphatic heterocycles. The van der Waals surface area contributed by atoms with E-state index in [1.165, 1.54) is 23.9 Å². The molecule has 2 aromatic heterocycles. The average Bonchev–Trinajstić information content (AvgIpc) is 3.26. The van der Waals surface area contributed by atoms with Crippen LogP contribution in [-0.2, 0) is 0 Å². The molecule has 2 heterocycles. The van der Waals surface area contributed by atoms with Crippen LogP contribution in [0.15, 0.2) is 82.7 Å². The van der Waals surface area contributed by atoms with Gasteiger partial charge in [0, 0.05) is 10.6 Å². The molecule has 3 aromatic carbocycles. The first-order valence-corrected chi connectivity index (χ1v) is 9.81. The number of rotatable bonds is 4. The van der Waals surface area contributed by atoms with Crippen LogP contribution < -0.4 is 5.32 Å². The van der Waals surface area contributed by atoms with Gasteiger partial charge in [0.2, 0.25) is 5.65 Å². The van der Waals surface area contributed by atoms with E-state index >= 15 is 0 Å². The number of nitrogens with one attached hydrogen (secondary N) is 1. The Morgan fingerprint density at radius 3 is 2.57 bits per heavy atom. The zero-order valence-electron chi connectivity index (χ0n) is 15.4. The highest BCUT2D eigenvalue weighted by atomic mass is 32.2. The van der Waals surface area contributed by atoms with Crippen LogP contribution in [0.1, 0.15) is 10.4 Å². The van der Waals surface area contributed by atoms with E-state index in [9.17, 15) is 9.18 Å². The van der Waals surface area contributed by atoms with Gasteiger partial charge in [-0.3, -0.25) is 4.79 Å². The maximum Gasteiger partial charge on any atom is 0.258 e. The lowest BCUT2D eigenvalue weighted by Gasteiger charge is -2.08. The summed E-state index contributed by atoms with van der Waals surface area (Å²) in [5.41, 5.74) is 2.74. The molecule has 5 aromatic rings. The number of tetrazole rings is 1. The number of fused-ring (bicyclic) bond motifs is 3. The van der Waals surface area contributed by atoms with Crippen molar-refractivity contribution in [1.29, 1.82) is 0 Å². The first-order valence-electron chi connectivity index (χ1n) is 9.00. The molecule has 0 aliphatic rings. The third-order valence-corrected chi connectivity index (χ3v) is 5.41. The van der Waals surface area contributed by atoms with Crippen LogP contribution in [0, 0.1) is 5.82 Å². The third-order valence-electron chi connectivity index (χ3n) is 4.44. The van der Waals surface area contributed by atoms with Gasteiger partial charge in [-0.1, -0.05) is 36.0 Å². The molecule has 146 valence electrons. The summed E-state index contributed by atoms with van der Waals surface area (Å²) >= 11 is 1.42. The fraction of sp³-hybridized carbons (Fsp3) is 0. The van der Waals surface area contributed by atoms with Gasteiger partial charge in [-0.05, 0) is 59.0 Å². The molecule has 0 unspecified atom stereocenters. The number of para-hydroxylation sites is 2. The molecule has 0 radical (unpaired) electrons. The van der Waals surface area contributed by atoms with E-state index < -0.39 is 11.7 Å². The van der Waals surface area contributed by atoms with Gasteiger partial charge in [0.25, 0.3) is 5.91 Å². The first kappa shape index (κ1) is 18.2. The minimum absolute atomic E-state index is 0.00184. The molecule has 1 N–H and O–H groups in total. The van der Waals surface area contributed by atoms with Crippen molar-refractivity contribution in [2.75, 3.05) is 5.32 Å². The number of hydrogen-bond donors (Lipinski definition) is 1. The summed E-state index contributed by atoms with van der Waals surface area (Å²) in [6.07, 6.45) is 0. The van der Waals surface area contributed by atoms with E-state index in [0.717, 1.165) is 15.9 Å². The van der Waals surface area contributed by atoms with Gasteiger partial charge in [-0.2, -0.15) is 4.52 Å². The molecule has 0 fully saturated rings. The zero-order chi connectivity index (χ0) is 20.5. The lowest BCUT2D eigenvalue weighted by Crippen LogP contribution is -2.13. The number of amides is 1. The molecule has 0 atom stereocenters. The van der Waals surface area contributed by atoms with Crippen molar-refractivity contribution in [2.24, 2.45) is 0 Å². The number of benzene rings is 3. The molecule has 7 nitrogen and oxygen atoms in total. The molecule has 9 heteroatoms. The fourth-order valence-electron chi connectivity index (χ4n) is 3.01. The Bertz CT molecular complexity index is 1390. The van der Waals surface area contributed by atoms with Crippen LogP contribution in [0.2, 0.25) is 0 Å². The smallest absolute Gasteiger partial charge is 0.258 e. The number of anilines is 1. The van der Waals surface area contributed by atoms with E-state index in [1.807, 2.05) is 36.4 Å². The predicted molar refractivity (Wildman–Crippen MR) is 111 cm³/mol. The highest BCUT2D eigenvalue weighted by Gasteiger charge is 2.14. The summed E-state index contributed by atoms with van der Waals surface area (Å²) in [6.45, 7) is 0. The molecule has 1 amide bonds. The highest BCUT2D eigenvalue weighted by Crippen LogP contribution is 2.31. The molecule has 0 saturated heterocycles. The van der Waals surface area contributed by atoms with Crippen molar-refractivity contribution in [1.82, 2.24) is 25.0 Å². The largest absolute Gasteiger partial charge is 0.322 e. The third kappa shape index (κ3) is 3.35. The van der Waals surface area contributed by atoms with Crippen LogP contribution in [0.4, 0.5) is 10.1 Å². The molecule has 0 bridgehead atoms. The van der Waals surface area contributed by atoms with Crippen LogP contribution in [0.3, 0.4) is 0 Å². The van der Waals surface area contributed by atoms with Crippen molar-refractivity contribution in [3.63, 3.8) is 0 Å². The molecule has 0 spiro atoms. The first-order chi connectivity index (χ1) is 14.7. The number of hydrogen-bond acceptors (Lipinski definition) is 6. The fourth-order valence-corrected chi connectivity index (χ4v) is 3.87. The van der Waals surface area contributed by atoms with E-state index in [0.29, 0.717) is 16.4 Å². The van der Waals surface area contributed by atoms with Crippen molar-refractivity contribution in [3.05, 3.63) is 84.2 Å². The minimum atomic E-state index is -0.560. The second kappa shape index (κ2) is 7.53. The number of aromatic nitrogens is 5. The molecule has 5 rings (SSSR count). The number of nitrogens with zero attached hydrogens (tertiary/aromatic N) is 5. The van der Waals surface area contributed by atoms with Gasteiger partial charge in [0.15, 0.2) is 0 Å². The Hall–Kier alpha value is -3.85. The molecule has 0 aliphatic carbocycles. The van der Waals surface area contributed by atoms with Crippen molar-refractivity contribution < 1.29 is 9.18 Å². The van der Waals surface area contributed by atoms with Crippen molar-refractivity contribution in [3.8, 4) is 0 Å². The van der Waals surface area contributed by atoms with Crippen LogP contribution in [0.25, 0.3) is 16.7 Å². The Labute approximate surface area is 173 Å². The molecular weight excluding hydrogens is 403 g/mol. The van der Waals surface area contributed by atoms with Crippen LogP contribution >= 0.6 is 11.8 Å². The van der Waals surface area contributed by atoms with E-state index in [-0.39, 0.29) is 5.56 Å². The lowest BCUT2D eigenvalue weighted by atomic mass is 10.2. The standard InChI is InChI=1S/C21H13FN6OS/c22-16-6-2-1-5-15(16)20(29)23-13-9-11-14(12-10-13)30-21-19-25-26-27-28(19)18-8-4-3-7-17(18)24-21/h1-12H,(H,23,29). The van der Waals surface area contributed by atoms with Crippen LogP contribution in [-0.4, -0.2) is 30.9 Å². The Morgan fingerprint density at radius 1 is 0.967 bits per heavy atom. The van der Waals surface area contributed by atoms with Crippen molar-refractivity contribution >= 4 is 40.0 Å². The summed E-state index contributed by atoms with van der Waals surface area (Å²) in [6, 6.07) is 20.7. The topological polar surface area (TPSA) is 85.1 Å². The normalized spacial score (nSPS) is 11.1. The predicted octanol–water partition coefficient (Wildman–Crippen LogP) is 4.22. The highest BCUT2D eigenvalue weighted by molar-refractivity contribution is 7.99. The monoisotopic (exact) mass is 416 g/mol. The van der Waals surface area contributed by atoms with Gasteiger partial charge < -0.3 is 5.32 Å². The average molecular weight is 416 g/mol. The summed E-state index contributed by atoms with van der Waals surface area (Å²) < 4.78 is 15.4. The number of carbonyl (C=O) groups excluding carboxylic acids is 1. The van der Waals surface area contributed by atoms with E-state index in [2.05, 4.69) is 25.8 Å². The lowest BCUT2D eigenvalue weighted by molar-refractivity contribution is 0.102. The minimum Gasteiger partial charge on any atom is -0.322 e.